The van der Waals surface area contributed by atoms with Crippen LogP contribution in [0, 0.1) is 5.41 Å². The van der Waals surface area contributed by atoms with Crippen molar-refractivity contribution in [3.8, 4) is 0 Å². The monoisotopic (exact) mass is 1370 g/mol. The second-order valence-corrected chi connectivity index (χ2v) is 28.1. The number of nitrogens with one attached hydrogen (secondary N) is 3. The molecule has 0 unspecified atom stereocenters. The zero-order valence-corrected chi connectivity index (χ0v) is 64.1. The summed E-state index contributed by atoms with van der Waals surface area (Å²) in [6.07, 6.45) is 16.8. The number of carbonyl (C=O) groups is 6. The zero-order valence-electron chi connectivity index (χ0n) is 62.4. The average Bonchev–Trinajstić information content (AvgIpc) is 4.53. The Morgan fingerprint density at radius 2 is 0.978 bits per heavy atom. The van der Waals surface area contributed by atoms with Crippen LogP contribution in [0.25, 0.3) is 0 Å². The quantitative estimate of drug-likeness (QED) is 0.0954. The molecule has 0 aromatic rings. The first kappa shape index (κ1) is 99.2. The lowest BCUT2D eigenvalue weighted by Crippen LogP contribution is -2.40. The molecule has 26 nitrogen and oxygen atoms in total. The van der Waals surface area contributed by atoms with E-state index in [4.69, 9.17) is 14.9 Å². The molecule has 28 heteroatoms. The van der Waals surface area contributed by atoms with Gasteiger partial charge in [-0.25, -0.2) is 16.8 Å². The van der Waals surface area contributed by atoms with E-state index in [9.17, 15) is 45.6 Å². The highest BCUT2D eigenvalue weighted by molar-refractivity contribution is 7.90. The van der Waals surface area contributed by atoms with E-state index < -0.39 is 19.7 Å². The van der Waals surface area contributed by atoms with Crippen LogP contribution < -0.4 is 10.6 Å². The summed E-state index contributed by atoms with van der Waals surface area (Å²) in [7, 11) is 10.7. The molecule has 0 spiro atoms. The lowest BCUT2D eigenvalue weighted by molar-refractivity contribution is -0.130. The van der Waals surface area contributed by atoms with Gasteiger partial charge in [-0.05, 0) is 120 Å². The Morgan fingerprint density at radius 1 is 0.548 bits per heavy atom. The van der Waals surface area contributed by atoms with Gasteiger partial charge >= 0.3 is 0 Å². The van der Waals surface area contributed by atoms with Gasteiger partial charge < -0.3 is 59.7 Å². The van der Waals surface area contributed by atoms with Crippen molar-refractivity contribution in [1.29, 1.82) is 5.41 Å². The fourth-order valence-corrected chi connectivity index (χ4v) is 8.18. The number of likely N-dealkylation sites (N-methyl/N-ethyl adjacent to an activating group) is 4. The van der Waals surface area contributed by atoms with Crippen molar-refractivity contribution in [2.45, 2.75) is 153 Å². The molecule has 2 saturated heterocycles. The third kappa shape index (κ3) is 87.2. The molecule has 5 heterocycles. The second kappa shape index (κ2) is 65.8. The number of sulfone groups is 2. The van der Waals surface area contributed by atoms with Crippen LogP contribution in [-0.4, -0.2) is 322 Å². The first-order chi connectivity index (χ1) is 43.3. The maximum absolute atomic E-state index is 10.7. The van der Waals surface area contributed by atoms with Crippen LogP contribution in [-0.2, 0) is 62.7 Å². The minimum Gasteiger partial charge on any atom is -0.383 e. The van der Waals surface area contributed by atoms with Crippen molar-refractivity contribution >= 4 is 78.0 Å². The van der Waals surface area contributed by atoms with Crippen molar-refractivity contribution in [1.82, 2.24) is 44.9 Å². The van der Waals surface area contributed by atoms with E-state index in [0.29, 0.717) is 26.3 Å². The maximum Gasteiger partial charge on any atom is 0.219 e. The van der Waals surface area contributed by atoms with Crippen LogP contribution in [0.3, 0.4) is 0 Å². The minimum absolute atomic E-state index is 0.00653. The number of amides is 6. The lowest BCUT2D eigenvalue weighted by Gasteiger charge is -2.27. The van der Waals surface area contributed by atoms with Crippen LogP contribution in [0.4, 0.5) is 0 Å². The molecule has 5 aliphatic rings. The van der Waals surface area contributed by atoms with Gasteiger partial charge in [-0.1, -0.05) is 20.3 Å². The number of nitrogens with zero attached hydrogens (tertiary/aromatic N) is 10. The number of methoxy groups -OCH3 is 2. The topological polar surface area (TPSA) is 306 Å². The van der Waals surface area contributed by atoms with E-state index in [1.165, 1.54) is 120 Å². The van der Waals surface area contributed by atoms with Gasteiger partial charge in [0.05, 0.1) is 37.9 Å². The Kier molecular flexibility index (Phi) is 70.2. The molecule has 0 radical (unpaired) electrons. The average molecular weight is 1370 g/mol. The largest absolute Gasteiger partial charge is 0.383 e. The number of morpholine rings is 1. The number of hydrogen-bond acceptors (Lipinski definition) is 20. The first-order valence-corrected chi connectivity index (χ1v) is 36.8. The fraction of sp³-hybridized carbons (Fsp3) is 0.846. The zero-order chi connectivity index (χ0) is 72.8. The van der Waals surface area contributed by atoms with Gasteiger partial charge in [-0.3, -0.25) is 48.6 Å². The molecule has 0 aromatic heterocycles. The Balaban J connectivity index is -0.000000225. The molecule has 0 atom stereocenters. The number of hydrogen-bond donors (Lipinski definition) is 3. The number of piperidine rings is 1. The van der Waals surface area contributed by atoms with Gasteiger partial charge in [0.25, 0.3) is 0 Å². The summed E-state index contributed by atoms with van der Waals surface area (Å²) in [6.45, 7) is 35.5. The van der Waals surface area contributed by atoms with Crippen LogP contribution in [0.5, 0.6) is 0 Å². The maximum atomic E-state index is 10.7. The smallest absolute Gasteiger partial charge is 0.219 e. The SMILES string of the molecule is CC(=O)N(C)CCN(C)C.CC(=O)N(C)CCS(C)(=O)=O.CC(=O)N1CCCCC1.CC(=O)NCCS(C)(=O)=O.CC1=NCCC1.CC1=NCCC1.CCC1=NCCC1.CCCC(C)=N.CN(C)CCN1CCOCC1.COCCN(C)C(C)=O.COCCNC(C)=O. The van der Waals surface area contributed by atoms with Crippen LogP contribution in [0.15, 0.2) is 15.0 Å². The van der Waals surface area contributed by atoms with Crippen LogP contribution >= 0.6 is 0 Å². The van der Waals surface area contributed by atoms with E-state index in [-0.39, 0.29) is 60.0 Å². The highest BCUT2D eigenvalue weighted by Crippen LogP contribution is 2.08. The summed E-state index contributed by atoms with van der Waals surface area (Å²) in [4.78, 5) is 88.8. The number of carbonyl (C=O) groups excluding carboxylic acids is 6. The van der Waals surface area contributed by atoms with E-state index in [0.717, 1.165) is 110 Å². The number of ether oxygens (including phenoxy) is 3. The van der Waals surface area contributed by atoms with Gasteiger partial charge in [-0.2, -0.15) is 0 Å². The fourth-order valence-electron chi connectivity index (χ4n) is 7.10. The van der Waals surface area contributed by atoms with Gasteiger partial charge in [0.15, 0.2) is 0 Å². The molecule has 0 bridgehead atoms. The van der Waals surface area contributed by atoms with Crippen molar-refractivity contribution in [3.63, 3.8) is 0 Å². The van der Waals surface area contributed by atoms with Crippen LogP contribution in [0.1, 0.15) is 153 Å². The molecule has 0 saturated carbocycles. The summed E-state index contributed by atoms with van der Waals surface area (Å²) < 4.78 is 56.9. The normalized spacial score (nSPS) is 14.4. The van der Waals surface area contributed by atoms with Gasteiger partial charge in [-0.15, -0.1) is 0 Å². The molecule has 6 amide bonds. The Morgan fingerprint density at radius 3 is 1.27 bits per heavy atom. The molecular formula is C65H135N13O13S2. The predicted molar refractivity (Wildman–Crippen MR) is 386 cm³/mol. The number of likely N-dealkylation sites (tertiary alicyclic amines) is 1. The summed E-state index contributed by atoms with van der Waals surface area (Å²) in [5, 5.41) is 11.9. The van der Waals surface area contributed by atoms with Crippen LogP contribution in [0.2, 0.25) is 0 Å². The minimum atomic E-state index is -2.95. The Labute approximate surface area is 565 Å². The molecule has 5 rings (SSSR count). The Bertz CT molecular complexity index is 2240. The van der Waals surface area contributed by atoms with Gasteiger partial charge in [0, 0.05) is 210 Å². The van der Waals surface area contributed by atoms with Gasteiger partial charge in [0.2, 0.25) is 35.4 Å². The number of rotatable bonds is 21. The summed E-state index contributed by atoms with van der Waals surface area (Å²) in [5.74, 6) is 0.137. The van der Waals surface area contributed by atoms with E-state index in [1.807, 2.05) is 33.0 Å². The van der Waals surface area contributed by atoms with Gasteiger partial charge in [0.1, 0.15) is 19.7 Å². The Hall–Kier alpha value is -4.84. The predicted octanol–water partition coefficient (Wildman–Crippen LogP) is 5.42. The molecular weight excluding hydrogens is 1230 g/mol. The second-order valence-electron chi connectivity index (χ2n) is 23.5. The summed E-state index contributed by atoms with van der Waals surface area (Å²) >= 11 is 0. The number of aliphatic imine (C=N–C) groups is 3. The lowest BCUT2D eigenvalue weighted by atomic mass is 10.1. The van der Waals surface area contributed by atoms with E-state index in [2.05, 4.69) is 86.8 Å². The summed E-state index contributed by atoms with van der Waals surface area (Å²) in [6, 6.07) is 0. The van der Waals surface area contributed by atoms with Crippen molar-refractivity contribution in [3.05, 3.63) is 0 Å². The van der Waals surface area contributed by atoms with Crippen molar-refractivity contribution in [2.24, 2.45) is 15.0 Å². The molecule has 93 heavy (non-hydrogen) atoms. The molecule has 0 aliphatic carbocycles. The van der Waals surface area contributed by atoms with Crippen molar-refractivity contribution < 1.29 is 59.8 Å². The highest BCUT2D eigenvalue weighted by atomic mass is 32.2. The molecule has 5 aliphatic heterocycles. The third-order valence-electron chi connectivity index (χ3n) is 13.4. The molecule has 2 fully saturated rings. The van der Waals surface area contributed by atoms with E-state index >= 15 is 0 Å². The first-order valence-electron chi connectivity index (χ1n) is 32.7. The van der Waals surface area contributed by atoms with E-state index in [1.54, 1.807) is 52.0 Å². The molecule has 3 N–H and O–H groups in total. The third-order valence-corrected chi connectivity index (χ3v) is 15.2. The highest BCUT2D eigenvalue weighted by Gasteiger charge is 2.12. The molecule has 550 valence electrons. The standard InChI is InChI=1S/C8H18N2O.C7H16N2O.C7H13NO.C6H13NO3S.C6H13NO2.C6H11N.C5H11NO3S.C5H11NO2.2C5H9N.C5H11N/c1-9(2)3-4-10-5-7-11-8-6-10;1-7(10)9(4)6-5-8(2)3;1-7(9)8-5-3-2-4-6-8;1-6(8)7(2)4-5-11(3,9)10;1-6(8)7(2)4-5-9-3;1-2-6-4-3-5-7-6;1-5(7)6-3-4-10(2,8)9;1-5(7)6-3-4-8-2;2*1-5-3-2-4-6-5;1-3-4-5(2)6/h3-8H2,1-2H3;5-6H2,1-4H3;2-6H2,1H3;4-5H2,1-3H3;4-5H2,1-3H3;2-5H2,1H3;3-4H2,1-2H3,(H,6,7);3-4H2,1-2H3,(H,6,7);2*2-4H2,1H3;6H,3-4H2,1-2H3. The summed E-state index contributed by atoms with van der Waals surface area (Å²) in [5.41, 5.74) is 4.86. The molecule has 0 aromatic carbocycles. The van der Waals surface area contributed by atoms with Crippen molar-refractivity contribution in [2.75, 3.05) is 212 Å².